The number of nitrogens with one attached hydrogen (secondary N) is 1. The van der Waals surface area contributed by atoms with E-state index in [4.69, 9.17) is 0 Å². The molecule has 100 valence electrons. The summed E-state index contributed by atoms with van der Waals surface area (Å²) >= 11 is 1.91. The van der Waals surface area contributed by atoms with E-state index < -0.39 is 0 Å². The number of hydrogen-bond donors (Lipinski definition) is 1. The molecule has 1 aromatic rings. The lowest BCUT2D eigenvalue weighted by molar-refractivity contribution is 0.562. The average molecular weight is 263 g/mol. The highest BCUT2D eigenvalue weighted by molar-refractivity contribution is 7.12. The fraction of sp³-hybridized carbons (Fsp3) is 0.625. The number of aryl methyl sites for hydroxylation is 2. The van der Waals surface area contributed by atoms with Crippen molar-refractivity contribution in [2.75, 3.05) is 6.54 Å². The van der Waals surface area contributed by atoms with Gasteiger partial charge in [0.05, 0.1) is 0 Å². The molecule has 1 aliphatic carbocycles. The van der Waals surface area contributed by atoms with E-state index in [-0.39, 0.29) is 0 Å². The van der Waals surface area contributed by atoms with Gasteiger partial charge in [0.15, 0.2) is 0 Å². The highest BCUT2D eigenvalue weighted by Gasteiger charge is 2.11. The van der Waals surface area contributed by atoms with E-state index in [0.29, 0.717) is 6.04 Å². The lowest BCUT2D eigenvalue weighted by atomic mass is 9.97. The molecule has 0 amide bonds. The van der Waals surface area contributed by atoms with Crippen LogP contribution in [-0.4, -0.2) is 6.54 Å². The largest absolute Gasteiger partial charge is 0.310 e. The molecule has 2 heteroatoms. The lowest BCUT2D eigenvalue weighted by Gasteiger charge is -2.16. The Hall–Kier alpha value is -0.600. The standard InChI is InChI=1S/C16H25NS/c1-12-11-16(14(3)18-12)13(2)17-10-9-15-7-5-4-6-8-15/h7,11,13,17H,4-6,8-10H2,1-3H3. The van der Waals surface area contributed by atoms with Gasteiger partial charge in [-0.2, -0.15) is 0 Å². The molecule has 1 unspecified atom stereocenters. The van der Waals surface area contributed by atoms with Gasteiger partial charge in [-0.15, -0.1) is 11.3 Å². The van der Waals surface area contributed by atoms with Crippen LogP contribution in [0, 0.1) is 13.8 Å². The Bertz CT molecular complexity index is 417. The molecule has 0 saturated heterocycles. The van der Waals surface area contributed by atoms with E-state index in [1.807, 2.05) is 11.3 Å². The first-order valence-corrected chi connectivity index (χ1v) is 7.96. The SMILES string of the molecule is Cc1cc(C(C)NCCC2=CCCCC2)c(C)s1. The second-order valence-corrected chi connectivity index (χ2v) is 6.86. The molecule has 0 bridgehead atoms. The number of hydrogen-bond acceptors (Lipinski definition) is 2. The Morgan fingerprint density at radius 2 is 2.17 bits per heavy atom. The monoisotopic (exact) mass is 263 g/mol. The third kappa shape index (κ3) is 3.69. The molecule has 0 aliphatic heterocycles. The van der Waals surface area contributed by atoms with E-state index in [1.54, 1.807) is 5.57 Å². The minimum absolute atomic E-state index is 0.485. The van der Waals surface area contributed by atoms with Crippen LogP contribution in [0.2, 0.25) is 0 Å². The van der Waals surface area contributed by atoms with Crippen LogP contribution in [0.3, 0.4) is 0 Å². The lowest BCUT2D eigenvalue weighted by Crippen LogP contribution is -2.20. The van der Waals surface area contributed by atoms with Gasteiger partial charge >= 0.3 is 0 Å². The van der Waals surface area contributed by atoms with Gasteiger partial charge in [-0.25, -0.2) is 0 Å². The molecule has 1 atom stereocenters. The van der Waals surface area contributed by atoms with Crippen LogP contribution < -0.4 is 5.32 Å². The quantitative estimate of drug-likeness (QED) is 0.745. The zero-order valence-corrected chi connectivity index (χ0v) is 12.7. The normalized spacial score (nSPS) is 17.6. The first-order chi connectivity index (χ1) is 8.66. The molecule has 0 saturated carbocycles. The van der Waals surface area contributed by atoms with Crippen molar-refractivity contribution >= 4 is 11.3 Å². The summed E-state index contributed by atoms with van der Waals surface area (Å²) in [7, 11) is 0. The Kier molecular flexibility index (Phi) is 5.02. The predicted molar refractivity (Wildman–Crippen MR) is 81.4 cm³/mol. The van der Waals surface area contributed by atoms with Crippen molar-refractivity contribution < 1.29 is 0 Å². The van der Waals surface area contributed by atoms with Crippen molar-refractivity contribution in [3.63, 3.8) is 0 Å². The van der Waals surface area contributed by atoms with E-state index in [0.717, 1.165) is 6.54 Å². The summed E-state index contributed by atoms with van der Waals surface area (Å²) in [5, 5.41) is 3.67. The van der Waals surface area contributed by atoms with Gasteiger partial charge in [-0.05, 0) is 71.0 Å². The fourth-order valence-electron chi connectivity index (χ4n) is 2.77. The maximum atomic E-state index is 3.67. The van der Waals surface area contributed by atoms with Gasteiger partial charge in [0.1, 0.15) is 0 Å². The average Bonchev–Trinajstić information content (AvgIpc) is 2.70. The third-order valence-corrected chi connectivity index (χ3v) is 4.81. The summed E-state index contributed by atoms with van der Waals surface area (Å²) in [6.45, 7) is 7.82. The smallest absolute Gasteiger partial charge is 0.0302 e. The van der Waals surface area contributed by atoms with Crippen molar-refractivity contribution in [3.05, 3.63) is 33.0 Å². The molecule has 18 heavy (non-hydrogen) atoms. The van der Waals surface area contributed by atoms with Crippen LogP contribution in [0.5, 0.6) is 0 Å². The van der Waals surface area contributed by atoms with Crippen LogP contribution in [0.4, 0.5) is 0 Å². The van der Waals surface area contributed by atoms with Crippen molar-refractivity contribution in [3.8, 4) is 0 Å². The molecular formula is C16H25NS. The van der Waals surface area contributed by atoms with Crippen LogP contribution >= 0.6 is 11.3 Å². The molecule has 1 aliphatic rings. The highest BCUT2D eigenvalue weighted by atomic mass is 32.1. The summed E-state index contributed by atoms with van der Waals surface area (Å²) in [6, 6.07) is 2.82. The van der Waals surface area contributed by atoms with Gasteiger partial charge in [0.2, 0.25) is 0 Å². The second-order valence-electron chi connectivity index (χ2n) is 5.40. The molecule has 1 nitrogen and oxygen atoms in total. The summed E-state index contributed by atoms with van der Waals surface area (Å²) in [4.78, 5) is 2.88. The van der Waals surface area contributed by atoms with E-state index >= 15 is 0 Å². The zero-order chi connectivity index (χ0) is 13.0. The number of thiophene rings is 1. The molecule has 0 aromatic carbocycles. The number of allylic oxidation sites excluding steroid dienone is 1. The van der Waals surface area contributed by atoms with Gasteiger partial charge < -0.3 is 5.32 Å². The summed E-state index contributed by atoms with van der Waals surface area (Å²) in [6.07, 6.45) is 9.09. The molecular weight excluding hydrogens is 238 g/mol. The number of rotatable bonds is 5. The van der Waals surface area contributed by atoms with E-state index in [2.05, 4.69) is 38.2 Å². The van der Waals surface area contributed by atoms with Crippen LogP contribution in [0.15, 0.2) is 17.7 Å². The van der Waals surface area contributed by atoms with E-state index in [1.165, 1.54) is 47.4 Å². The van der Waals surface area contributed by atoms with Crippen molar-refractivity contribution in [2.24, 2.45) is 0 Å². The van der Waals surface area contributed by atoms with Crippen LogP contribution in [-0.2, 0) is 0 Å². The van der Waals surface area contributed by atoms with E-state index in [9.17, 15) is 0 Å². The summed E-state index contributed by atoms with van der Waals surface area (Å²) in [5.41, 5.74) is 3.15. The minimum atomic E-state index is 0.485. The van der Waals surface area contributed by atoms with Crippen LogP contribution in [0.1, 0.15) is 60.4 Å². The Morgan fingerprint density at radius 3 is 2.78 bits per heavy atom. The van der Waals surface area contributed by atoms with Gasteiger partial charge in [0.25, 0.3) is 0 Å². The fourth-order valence-corrected chi connectivity index (χ4v) is 3.79. The Labute approximate surface area is 115 Å². The zero-order valence-electron chi connectivity index (χ0n) is 11.9. The molecule has 1 aromatic heterocycles. The van der Waals surface area contributed by atoms with Gasteiger partial charge in [-0.3, -0.25) is 0 Å². The van der Waals surface area contributed by atoms with Gasteiger partial charge in [0, 0.05) is 15.8 Å². The molecule has 2 rings (SSSR count). The van der Waals surface area contributed by atoms with Crippen molar-refractivity contribution in [1.82, 2.24) is 5.32 Å². The third-order valence-electron chi connectivity index (χ3n) is 3.83. The van der Waals surface area contributed by atoms with Crippen molar-refractivity contribution in [1.29, 1.82) is 0 Å². The maximum absolute atomic E-state index is 3.67. The Morgan fingerprint density at radius 1 is 1.33 bits per heavy atom. The highest BCUT2D eigenvalue weighted by Crippen LogP contribution is 2.26. The first-order valence-electron chi connectivity index (χ1n) is 7.15. The van der Waals surface area contributed by atoms with Crippen molar-refractivity contribution in [2.45, 2.75) is 58.9 Å². The Balaban J connectivity index is 1.79. The maximum Gasteiger partial charge on any atom is 0.0302 e. The molecule has 0 fully saturated rings. The minimum Gasteiger partial charge on any atom is -0.310 e. The second kappa shape index (κ2) is 6.53. The first kappa shape index (κ1) is 13.8. The van der Waals surface area contributed by atoms with Gasteiger partial charge in [-0.1, -0.05) is 11.6 Å². The topological polar surface area (TPSA) is 12.0 Å². The van der Waals surface area contributed by atoms with Crippen LogP contribution in [0.25, 0.3) is 0 Å². The summed E-state index contributed by atoms with van der Waals surface area (Å²) in [5.74, 6) is 0. The predicted octanol–water partition coefficient (Wildman–Crippen LogP) is 4.91. The molecule has 0 radical (unpaired) electrons. The molecule has 1 N–H and O–H groups in total. The molecule has 0 spiro atoms. The summed E-state index contributed by atoms with van der Waals surface area (Å²) < 4.78 is 0. The molecule has 1 heterocycles.